The van der Waals surface area contributed by atoms with Crippen molar-refractivity contribution in [3.63, 3.8) is 0 Å². The van der Waals surface area contributed by atoms with Gasteiger partial charge in [-0.1, -0.05) is 6.92 Å². The predicted molar refractivity (Wildman–Crippen MR) is 59.3 cm³/mol. The minimum absolute atomic E-state index is 0.0279. The maximum atomic E-state index is 11.5. The number of hydrogen-bond donors (Lipinski definition) is 0. The van der Waals surface area contributed by atoms with Crippen LogP contribution < -0.4 is 5.56 Å². The van der Waals surface area contributed by atoms with Gasteiger partial charge in [-0.3, -0.25) is 4.79 Å². The molecule has 0 amide bonds. The van der Waals surface area contributed by atoms with Crippen molar-refractivity contribution >= 4 is 5.97 Å². The fraction of sp³-hybridized carbons (Fsp3) is 0.455. The third kappa shape index (κ3) is 3.41. The molecular formula is C11H13N3O3. The number of rotatable bonds is 4. The summed E-state index contributed by atoms with van der Waals surface area (Å²) in [7, 11) is 0. The molecule has 0 aliphatic carbocycles. The van der Waals surface area contributed by atoms with Crippen LogP contribution in [0.15, 0.2) is 16.9 Å². The third-order valence-electron chi connectivity index (χ3n) is 1.98. The van der Waals surface area contributed by atoms with Crippen LogP contribution in [-0.4, -0.2) is 21.9 Å². The second kappa shape index (κ2) is 5.80. The van der Waals surface area contributed by atoms with E-state index in [1.807, 2.05) is 6.92 Å². The molecule has 0 fully saturated rings. The monoisotopic (exact) mass is 235 g/mol. The zero-order valence-corrected chi connectivity index (χ0v) is 9.71. The van der Waals surface area contributed by atoms with E-state index in [2.05, 4.69) is 5.10 Å². The van der Waals surface area contributed by atoms with Crippen LogP contribution in [0.5, 0.6) is 0 Å². The number of nitriles is 1. The summed E-state index contributed by atoms with van der Waals surface area (Å²) in [6, 6.07) is 4.33. The SMILES string of the molecule is CCCn1nc(C(=O)O[C@H](C)C#N)ccc1=O. The minimum Gasteiger partial charge on any atom is -0.442 e. The lowest BCUT2D eigenvalue weighted by atomic mass is 10.3. The maximum absolute atomic E-state index is 11.5. The molecule has 0 aliphatic rings. The lowest BCUT2D eigenvalue weighted by Crippen LogP contribution is -2.25. The molecule has 17 heavy (non-hydrogen) atoms. The normalized spacial score (nSPS) is 11.6. The molecule has 1 atom stereocenters. The first-order chi connectivity index (χ1) is 8.08. The van der Waals surface area contributed by atoms with Crippen LogP contribution >= 0.6 is 0 Å². The number of hydrogen-bond acceptors (Lipinski definition) is 5. The van der Waals surface area contributed by atoms with Gasteiger partial charge in [0.1, 0.15) is 6.07 Å². The lowest BCUT2D eigenvalue weighted by molar-refractivity contribution is 0.0425. The van der Waals surface area contributed by atoms with E-state index in [0.29, 0.717) is 6.54 Å². The lowest BCUT2D eigenvalue weighted by Gasteiger charge is -2.07. The predicted octanol–water partition coefficient (Wildman–Crippen LogP) is 0.722. The first-order valence-electron chi connectivity index (χ1n) is 5.27. The van der Waals surface area contributed by atoms with Gasteiger partial charge in [0.05, 0.1) is 0 Å². The van der Waals surface area contributed by atoms with E-state index in [0.717, 1.165) is 6.42 Å². The third-order valence-corrected chi connectivity index (χ3v) is 1.98. The van der Waals surface area contributed by atoms with E-state index in [9.17, 15) is 9.59 Å². The van der Waals surface area contributed by atoms with Crippen molar-refractivity contribution in [1.82, 2.24) is 9.78 Å². The molecule has 0 aromatic carbocycles. The van der Waals surface area contributed by atoms with Gasteiger partial charge in [0, 0.05) is 12.6 Å². The molecule has 0 aliphatic heterocycles. The zero-order chi connectivity index (χ0) is 12.8. The largest absolute Gasteiger partial charge is 0.442 e. The van der Waals surface area contributed by atoms with Crippen molar-refractivity contribution in [3.05, 3.63) is 28.2 Å². The first-order valence-corrected chi connectivity index (χ1v) is 5.27. The standard InChI is InChI=1S/C11H13N3O3/c1-3-6-14-10(15)5-4-9(13-14)11(16)17-8(2)7-12/h4-5,8H,3,6H2,1-2H3/t8-/m1/s1. The summed E-state index contributed by atoms with van der Waals surface area (Å²) in [5, 5.41) is 12.4. The Bertz CT molecular complexity index is 501. The molecule has 6 nitrogen and oxygen atoms in total. The number of esters is 1. The smallest absolute Gasteiger partial charge is 0.360 e. The molecule has 1 heterocycles. The van der Waals surface area contributed by atoms with Crippen LogP contribution in [0.4, 0.5) is 0 Å². The van der Waals surface area contributed by atoms with E-state index in [-0.39, 0.29) is 11.3 Å². The van der Waals surface area contributed by atoms with Gasteiger partial charge in [0.15, 0.2) is 11.8 Å². The van der Waals surface area contributed by atoms with Gasteiger partial charge in [-0.05, 0) is 19.4 Å². The highest BCUT2D eigenvalue weighted by Crippen LogP contribution is 1.99. The zero-order valence-electron chi connectivity index (χ0n) is 9.71. The highest BCUT2D eigenvalue weighted by Gasteiger charge is 2.13. The Labute approximate surface area is 98.4 Å². The second-order valence-electron chi connectivity index (χ2n) is 3.46. The average Bonchev–Trinajstić information content (AvgIpc) is 2.32. The maximum Gasteiger partial charge on any atom is 0.360 e. The minimum atomic E-state index is -0.837. The van der Waals surface area contributed by atoms with Gasteiger partial charge in [-0.15, -0.1) is 0 Å². The fourth-order valence-electron chi connectivity index (χ4n) is 1.18. The topological polar surface area (TPSA) is 85.0 Å². The summed E-state index contributed by atoms with van der Waals surface area (Å²) < 4.78 is 5.98. The van der Waals surface area contributed by atoms with Crippen molar-refractivity contribution in [1.29, 1.82) is 5.26 Å². The van der Waals surface area contributed by atoms with Crippen molar-refractivity contribution < 1.29 is 9.53 Å². The average molecular weight is 235 g/mol. The summed E-state index contributed by atoms with van der Waals surface area (Å²) in [4.78, 5) is 22.9. The van der Waals surface area contributed by atoms with Crippen molar-refractivity contribution in [3.8, 4) is 6.07 Å². The van der Waals surface area contributed by atoms with Crippen LogP contribution in [0.3, 0.4) is 0 Å². The molecular weight excluding hydrogens is 222 g/mol. The molecule has 1 rings (SSSR count). The molecule has 0 radical (unpaired) electrons. The molecule has 0 N–H and O–H groups in total. The Morgan fingerprint density at radius 1 is 1.65 bits per heavy atom. The van der Waals surface area contributed by atoms with Crippen LogP contribution in [0.25, 0.3) is 0 Å². The molecule has 90 valence electrons. The van der Waals surface area contributed by atoms with Crippen molar-refractivity contribution in [2.45, 2.75) is 32.9 Å². The van der Waals surface area contributed by atoms with Gasteiger partial charge >= 0.3 is 5.97 Å². The highest BCUT2D eigenvalue weighted by molar-refractivity contribution is 5.87. The van der Waals surface area contributed by atoms with Gasteiger partial charge < -0.3 is 4.74 Å². The summed E-state index contributed by atoms with van der Waals surface area (Å²) >= 11 is 0. The highest BCUT2D eigenvalue weighted by atomic mass is 16.5. The summed E-state index contributed by atoms with van der Waals surface area (Å²) in [6.07, 6.45) is -0.101. The number of nitrogens with zero attached hydrogens (tertiary/aromatic N) is 3. The van der Waals surface area contributed by atoms with E-state index in [1.165, 1.54) is 23.7 Å². The second-order valence-corrected chi connectivity index (χ2v) is 3.46. The fourth-order valence-corrected chi connectivity index (χ4v) is 1.18. The van der Waals surface area contributed by atoms with E-state index < -0.39 is 12.1 Å². The van der Waals surface area contributed by atoms with Crippen molar-refractivity contribution in [2.75, 3.05) is 0 Å². The summed E-state index contributed by atoms with van der Waals surface area (Å²) in [5.41, 5.74) is -0.239. The Balaban J connectivity index is 2.92. The summed E-state index contributed by atoms with van der Waals surface area (Å²) in [6.45, 7) is 3.80. The van der Waals surface area contributed by atoms with E-state index in [4.69, 9.17) is 10.00 Å². The van der Waals surface area contributed by atoms with E-state index in [1.54, 1.807) is 6.07 Å². The Morgan fingerprint density at radius 3 is 2.94 bits per heavy atom. The Morgan fingerprint density at radius 2 is 2.35 bits per heavy atom. The van der Waals surface area contributed by atoms with Crippen LogP contribution in [0.2, 0.25) is 0 Å². The Hall–Kier alpha value is -2.16. The van der Waals surface area contributed by atoms with Gasteiger partial charge in [0.2, 0.25) is 0 Å². The number of carbonyl (C=O) groups is 1. The summed E-state index contributed by atoms with van der Waals surface area (Å²) in [5.74, 6) is -0.705. The number of carbonyl (C=O) groups excluding carboxylic acids is 1. The van der Waals surface area contributed by atoms with E-state index >= 15 is 0 Å². The van der Waals surface area contributed by atoms with Crippen LogP contribution in [-0.2, 0) is 11.3 Å². The molecule has 0 spiro atoms. The number of ether oxygens (including phenoxy) is 1. The van der Waals surface area contributed by atoms with Crippen LogP contribution in [0.1, 0.15) is 30.8 Å². The molecule has 0 saturated carbocycles. The molecule has 0 unspecified atom stereocenters. The molecule has 1 aromatic rings. The molecule has 0 bridgehead atoms. The van der Waals surface area contributed by atoms with Crippen molar-refractivity contribution in [2.24, 2.45) is 0 Å². The first kappa shape index (κ1) is 12.9. The molecule has 1 aromatic heterocycles. The Kier molecular flexibility index (Phi) is 4.40. The number of aromatic nitrogens is 2. The molecule has 6 heteroatoms. The quantitative estimate of drug-likeness (QED) is 0.718. The van der Waals surface area contributed by atoms with Gasteiger partial charge in [-0.2, -0.15) is 10.4 Å². The van der Waals surface area contributed by atoms with Gasteiger partial charge in [-0.25, -0.2) is 9.48 Å². The van der Waals surface area contributed by atoms with Gasteiger partial charge in [0.25, 0.3) is 5.56 Å². The number of aryl methyl sites for hydroxylation is 1. The van der Waals surface area contributed by atoms with Crippen LogP contribution in [0, 0.1) is 11.3 Å². The molecule has 0 saturated heterocycles.